The molecule has 4 heteroatoms. The maximum Gasteiger partial charge on any atom is 0.252 e. The van der Waals surface area contributed by atoms with Crippen molar-refractivity contribution in [2.45, 2.75) is 46.5 Å². The predicted molar refractivity (Wildman–Crippen MR) is 97.1 cm³/mol. The van der Waals surface area contributed by atoms with Gasteiger partial charge in [0.25, 0.3) is 5.91 Å². The van der Waals surface area contributed by atoms with E-state index in [1.54, 1.807) is 0 Å². The number of nitrogens with one attached hydrogen (secondary N) is 1. The first-order valence-corrected chi connectivity index (χ1v) is 8.96. The molecule has 1 aromatic rings. The Kier molecular flexibility index (Phi) is 7.51. The third kappa shape index (κ3) is 6.12. The minimum Gasteiger partial charge on any atom is -0.351 e. The molecule has 0 spiro atoms. The van der Waals surface area contributed by atoms with E-state index in [1.165, 1.54) is 19.3 Å². The fourth-order valence-corrected chi connectivity index (χ4v) is 2.97. The van der Waals surface area contributed by atoms with Crippen molar-refractivity contribution in [3.63, 3.8) is 0 Å². The topological polar surface area (TPSA) is 29.1 Å². The van der Waals surface area contributed by atoms with Crippen LogP contribution in [0.25, 0.3) is 0 Å². The van der Waals surface area contributed by atoms with Crippen LogP contribution in [0.1, 0.15) is 56.8 Å². The summed E-state index contributed by atoms with van der Waals surface area (Å²) in [4.78, 5) is 12.3. The smallest absolute Gasteiger partial charge is 0.252 e. The number of carbonyl (C=O) groups excluding carboxylic acids is 1. The number of hydrogen-bond donors (Lipinski definition) is 1. The molecule has 1 N–H and O–H groups in total. The quantitative estimate of drug-likeness (QED) is 0.437. The van der Waals surface area contributed by atoms with Crippen LogP contribution < -0.4 is 5.32 Å². The molecule has 0 saturated carbocycles. The highest BCUT2D eigenvalue weighted by Gasteiger charge is 2.19. The average Bonchev–Trinajstić information content (AvgIpc) is 2.39. The molecule has 1 aromatic carbocycles. The highest BCUT2D eigenvalue weighted by molar-refractivity contribution is 14.1. The zero-order valence-corrected chi connectivity index (χ0v) is 16.2. The third-order valence-electron chi connectivity index (χ3n) is 3.36. The Morgan fingerprint density at radius 1 is 1.35 bits per heavy atom. The van der Waals surface area contributed by atoms with E-state index < -0.39 is 0 Å². The summed E-state index contributed by atoms with van der Waals surface area (Å²) in [6, 6.07) is 5.78. The van der Waals surface area contributed by atoms with Crippen molar-refractivity contribution < 1.29 is 4.79 Å². The van der Waals surface area contributed by atoms with Crippen LogP contribution in [0.5, 0.6) is 0 Å². The SMILES string of the molecule is CCCCCC(C)(C)CNC(=O)c1cc(Br)ccc1I. The van der Waals surface area contributed by atoms with E-state index in [1.807, 2.05) is 18.2 Å². The second kappa shape index (κ2) is 8.37. The van der Waals surface area contributed by atoms with Gasteiger partial charge in [0.2, 0.25) is 0 Å². The van der Waals surface area contributed by atoms with Crippen molar-refractivity contribution in [1.29, 1.82) is 0 Å². The van der Waals surface area contributed by atoms with Gasteiger partial charge in [0.15, 0.2) is 0 Å². The standard InChI is InChI=1S/C16H23BrINO/c1-4-5-6-9-16(2,3)11-19-15(20)13-10-12(17)7-8-14(13)18/h7-8,10H,4-6,9,11H2,1-3H3,(H,19,20). The number of hydrogen-bond acceptors (Lipinski definition) is 1. The number of unbranched alkanes of at least 4 members (excludes halogenated alkanes) is 2. The average molecular weight is 452 g/mol. The van der Waals surface area contributed by atoms with Gasteiger partial charge >= 0.3 is 0 Å². The lowest BCUT2D eigenvalue weighted by Gasteiger charge is -2.25. The normalized spacial score (nSPS) is 11.4. The van der Waals surface area contributed by atoms with Crippen molar-refractivity contribution in [3.8, 4) is 0 Å². The van der Waals surface area contributed by atoms with Gasteiger partial charge in [-0.3, -0.25) is 4.79 Å². The van der Waals surface area contributed by atoms with Crippen molar-refractivity contribution in [2.24, 2.45) is 5.41 Å². The van der Waals surface area contributed by atoms with E-state index in [9.17, 15) is 4.79 Å². The minimum atomic E-state index is 0.0132. The Labute approximate surface area is 144 Å². The van der Waals surface area contributed by atoms with Crippen molar-refractivity contribution in [2.75, 3.05) is 6.54 Å². The van der Waals surface area contributed by atoms with Crippen LogP contribution >= 0.6 is 38.5 Å². The molecular weight excluding hydrogens is 429 g/mol. The molecule has 0 radical (unpaired) electrons. The predicted octanol–water partition coefficient (Wildman–Crippen LogP) is 5.39. The van der Waals surface area contributed by atoms with Crippen LogP contribution in [0, 0.1) is 8.99 Å². The molecule has 1 amide bonds. The largest absolute Gasteiger partial charge is 0.351 e. The molecule has 20 heavy (non-hydrogen) atoms. The second-order valence-electron chi connectivity index (χ2n) is 5.93. The molecule has 0 heterocycles. The Hall–Kier alpha value is -0.100. The maximum absolute atomic E-state index is 12.3. The lowest BCUT2D eigenvalue weighted by molar-refractivity contribution is 0.0933. The molecule has 0 atom stereocenters. The molecule has 0 aliphatic carbocycles. The van der Waals surface area contributed by atoms with Crippen molar-refractivity contribution >= 4 is 44.4 Å². The Morgan fingerprint density at radius 2 is 2.05 bits per heavy atom. The number of benzene rings is 1. The molecule has 0 unspecified atom stereocenters. The van der Waals surface area contributed by atoms with E-state index in [0.29, 0.717) is 0 Å². The second-order valence-corrected chi connectivity index (χ2v) is 8.01. The first-order valence-electron chi connectivity index (χ1n) is 7.09. The van der Waals surface area contributed by atoms with Gasteiger partial charge in [0.05, 0.1) is 5.56 Å². The highest BCUT2D eigenvalue weighted by Crippen LogP contribution is 2.23. The number of halogens is 2. The molecule has 0 fully saturated rings. The molecule has 2 nitrogen and oxygen atoms in total. The number of amides is 1. The van der Waals surface area contributed by atoms with Crippen LogP contribution in [-0.2, 0) is 0 Å². The first-order chi connectivity index (χ1) is 9.35. The van der Waals surface area contributed by atoms with Gasteiger partial charge in [-0.15, -0.1) is 0 Å². The van der Waals surface area contributed by atoms with Crippen LogP contribution in [0.2, 0.25) is 0 Å². The first kappa shape index (κ1) is 18.0. The van der Waals surface area contributed by atoms with Gasteiger partial charge in [-0.1, -0.05) is 56.0 Å². The zero-order chi connectivity index (χ0) is 15.2. The molecule has 0 bridgehead atoms. The molecule has 1 rings (SSSR count). The van der Waals surface area contributed by atoms with Gasteiger partial charge in [0, 0.05) is 14.6 Å². The monoisotopic (exact) mass is 451 g/mol. The third-order valence-corrected chi connectivity index (χ3v) is 4.79. The van der Waals surface area contributed by atoms with Gasteiger partial charge in [-0.2, -0.15) is 0 Å². The Morgan fingerprint density at radius 3 is 2.70 bits per heavy atom. The van der Waals surface area contributed by atoms with Crippen LogP contribution in [-0.4, -0.2) is 12.5 Å². The lowest BCUT2D eigenvalue weighted by Crippen LogP contribution is -2.34. The van der Waals surface area contributed by atoms with E-state index >= 15 is 0 Å². The maximum atomic E-state index is 12.3. The van der Waals surface area contributed by atoms with Crippen molar-refractivity contribution in [1.82, 2.24) is 5.32 Å². The summed E-state index contributed by atoms with van der Waals surface area (Å²) >= 11 is 5.61. The van der Waals surface area contributed by atoms with Gasteiger partial charge in [-0.25, -0.2) is 0 Å². The minimum absolute atomic E-state index is 0.0132. The van der Waals surface area contributed by atoms with Gasteiger partial charge in [-0.05, 0) is 52.6 Å². The summed E-state index contributed by atoms with van der Waals surface area (Å²) in [6.45, 7) is 7.37. The number of rotatable bonds is 7. The van der Waals surface area contributed by atoms with E-state index in [4.69, 9.17) is 0 Å². The Balaban J connectivity index is 2.56. The Bertz CT molecular complexity index is 460. The fraction of sp³-hybridized carbons (Fsp3) is 0.562. The van der Waals surface area contributed by atoms with E-state index in [-0.39, 0.29) is 11.3 Å². The lowest BCUT2D eigenvalue weighted by atomic mass is 9.87. The van der Waals surface area contributed by atoms with Crippen LogP contribution in [0.4, 0.5) is 0 Å². The number of carbonyl (C=O) groups is 1. The molecule has 0 aromatic heterocycles. The summed E-state index contributed by atoms with van der Waals surface area (Å²) in [7, 11) is 0. The van der Waals surface area contributed by atoms with Crippen LogP contribution in [0.3, 0.4) is 0 Å². The summed E-state index contributed by atoms with van der Waals surface area (Å²) in [5.41, 5.74) is 0.895. The van der Waals surface area contributed by atoms with Crippen molar-refractivity contribution in [3.05, 3.63) is 31.8 Å². The van der Waals surface area contributed by atoms with Gasteiger partial charge in [0.1, 0.15) is 0 Å². The molecule has 0 saturated heterocycles. The summed E-state index contributed by atoms with van der Waals surface area (Å²) in [5, 5.41) is 3.07. The molecule has 112 valence electrons. The molecular formula is C16H23BrINO. The van der Waals surface area contributed by atoms with Gasteiger partial charge < -0.3 is 5.32 Å². The van der Waals surface area contributed by atoms with E-state index in [2.05, 4.69) is 64.6 Å². The molecule has 0 aliphatic heterocycles. The zero-order valence-electron chi connectivity index (χ0n) is 12.4. The summed E-state index contributed by atoms with van der Waals surface area (Å²) in [6.07, 6.45) is 4.88. The summed E-state index contributed by atoms with van der Waals surface area (Å²) < 4.78 is 1.91. The summed E-state index contributed by atoms with van der Waals surface area (Å²) in [5.74, 6) is 0.0132. The van der Waals surface area contributed by atoms with E-state index in [0.717, 1.165) is 26.6 Å². The fourth-order valence-electron chi connectivity index (χ4n) is 2.03. The highest BCUT2D eigenvalue weighted by atomic mass is 127. The van der Waals surface area contributed by atoms with Crippen LogP contribution in [0.15, 0.2) is 22.7 Å². The molecule has 0 aliphatic rings.